The summed E-state index contributed by atoms with van der Waals surface area (Å²) in [5.74, 6) is 0. The molecular weight excluding hydrogens is 406 g/mol. The topological polar surface area (TPSA) is 114 Å². The summed E-state index contributed by atoms with van der Waals surface area (Å²) in [4.78, 5) is -0.355. The van der Waals surface area contributed by atoms with E-state index in [1.807, 2.05) is 13.8 Å². The molecule has 0 atom stereocenters. The molecule has 2 aromatic rings. The van der Waals surface area contributed by atoms with E-state index in [1.54, 1.807) is 24.3 Å². The maximum absolute atomic E-state index is 10.4. The number of hydrogen-bond acceptors (Lipinski definition) is 6. The van der Waals surface area contributed by atoms with Crippen molar-refractivity contribution in [3.05, 3.63) is 59.7 Å². The number of rotatable bonds is 2. The second-order valence-electron chi connectivity index (χ2n) is 4.53. The zero-order valence-electron chi connectivity index (χ0n) is 13.9. The minimum atomic E-state index is -4.27. The molecule has 0 spiro atoms. The molecule has 2 aromatic carbocycles. The fraction of sp³-hybridized carbons (Fsp3) is 0.143. The van der Waals surface area contributed by atoms with Gasteiger partial charge in [0.2, 0.25) is 0 Å². The van der Waals surface area contributed by atoms with Gasteiger partial charge in [-0.25, -0.2) is 16.8 Å². The Kier molecular flexibility index (Phi) is 14.0. The van der Waals surface area contributed by atoms with Crippen LogP contribution in [0, 0.1) is 13.8 Å². The van der Waals surface area contributed by atoms with Crippen LogP contribution in [0.15, 0.2) is 58.3 Å². The van der Waals surface area contributed by atoms with Gasteiger partial charge in [-0.2, -0.15) is 0 Å². The number of aryl methyl sites for hydroxylation is 2. The molecule has 0 fully saturated rings. The molecule has 0 aromatic heterocycles. The Morgan fingerprint density at radius 2 is 0.792 bits per heavy atom. The molecule has 0 saturated heterocycles. The molecular formula is C14H14K2O6S2. The molecule has 2 rings (SSSR count). The summed E-state index contributed by atoms with van der Waals surface area (Å²) in [6, 6.07) is 11.6. The largest absolute Gasteiger partial charge is 1.00 e. The van der Waals surface area contributed by atoms with Crippen LogP contribution >= 0.6 is 0 Å². The Morgan fingerprint density at radius 1 is 0.583 bits per heavy atom. The average Bonchev–Trinajstić information content (AvgIpc) is 2.38. The minimum absolute atomic E-state index is 0. The van der Waals surface area contributed by atoms with Crippen molar-refractivity contribution in [2.24, 2.45) is 0 Å². The van der Waals surface area contributed by atoms with Gasteiger partial charge in [-0.1, -0.05) is 35.4 Å². The number of benzene rings is 2. The van der Waals surface area contributed by atoms with Crippen molar-refractivity contribution < 1.29 is 129 Å². The number of hydrogen-bond donors (Lipinski definition) is 0. The molecule has 0 saturated carbocycles. The van der Waals surface area contributed by atoms with E-state index >= 15 is 0 Å². The van der Waals surface area contributed by atoms with E-state index in [0.717, 1.165) is 11.1 Å². The fourth-order valence-electron chi connectivity index (χ4n) is 1.41. The van der Waals surface area contributed by atoms with E-state index in [9.17, 15) is 25.9 Å². The van der Waals surface area contributed by atoms with Crippen molar-refractivity contribution in [3.8, 4) is 0 Å². The van der Waals surface area contributed by atoms with Crippen LogP contribution in [0.4, 0.5) is 0 Å². The van der Waals surface area contributed by atoms with Gasteiger partial charge >= 0.3 is 103 Å². The van der Waals surface area contributed by atoms with Gasteiger partial charge in [-0.05, 0) is 38.1 Å². The van der Waals surface area contributed by atoms with Crippen molar-refractivity contribution in [1.82, 2.24) is 0 Å². The fourth-order valence-corrected chi connectivity index (χ4v) is 2.35. The summed E-state index contributed by atoms with van der Waals surface area (Å²) in [6.45, 7) is 3.64. The van der Waals surface area contributed by atoms with Gasteiger partial charge in [0.05, 0.1) is 9.79 Å². The maximum Gasteiger partial charge on any atom is 1.00 e. The van der Waals surface area contributed by atoms with Crippen molar-refractivity contribution in [1.29, 1.82) is 0 Å². The predicted molar refractivity (Wildman–Crippen MR) is 78.3 cm³/mol. The predicted octanol–water partition coefficient (Wildman–Crippen LogP) is -4.19. The van der Waals surface area contributed by atoms with Gasteiger partial charge in [-0.15, -0.1) is 0 Å². The Labute approximate surface area is 227 Å². The Hall–Kier alpha value is 1.53. The molecule has 0 N–H and O–H groups in total. The van der Waals surface area contributed by atoms with E-state index in [1.165, 1.54) is 24.3 Å². The molecule has 0 aliphatic heterocycles. The molecule has 120 valence electrons. The van der Waals surface area contributed by atoms with Gasteiger partial charge in [0.15, 0.2) is 0 Å². The van der Waals surface area contributed by atoms with Crippen molar-refractivity contribution in [2.75, 3.05) is 0 Å². The molecule has 24 heavy (non-hydrogen) atoms. The van der Waals surface area contributed by atoms with E-state index in [0.29, 0.717) is 0 Å². The third-order valence-corrected chi connectivity index (χ3v) is 4.32. The summed E-state index contributed by atoms with van der Waals surface area (Å²) >= 11 is 0. The van der Waals surface area contributed by atoms with E-state index in [2.05, 4.69) is 0 Å². The first kappa shape index (κ1) is 27.7. The Bertz CT molecular complexity index is 756. The summed E-state index contributed by atoms with van der Waals surface area (Å²) in [7, 11) is -8.54. The summed E-state index contributed by atoms with van der Waals surface area (Å²) < 4.78 is 62.3. The second-order valence-corrected chi connectivity index (χ2v) is 7.29. The van der Waals surface area contributed by atoms with Crippen LogP contribution in [0.5, 0.6) is 0 Å². The first-order valence-corrected chi connectivity index (χ1v) is 8.87. The normalized spacial score (nSPS) is 10.5. The third kappa shape index (κ3) is 10.6. The molecule has 0 amide bonds. The van der Waals surface area contributed by atoms with E-state index in [-0.39, 0.29) is 113 Å². The molecule has 0 unspecified atom stereocenters. The first-order valence-electron chi connectivity index (χ1n) is 6.05. The second kappa shape index (κ2) is 12.1. The van der Waals surface area contributed by atoms with Crippen LogP contribution in [0.2, 0.25) is 0 Å². The molecule has 0 bridgehead atoms. The molecule has 6 nitrogen and oxygen atoms in total. The van der Waals surface area contributed by atoms with Gasteiger partial charge in [-0.3, -0.25) is 0 Å². The summed E-state index contributed by atoms with van der Waals surface area (Å²) in [5.41, 5.74) is 1.86. The standard InChI is InChI=1S/2C7H8O3S.2K/c2*1-6-2-4-7(5-3-6)11(8,9)10;;/h2*2-5H,1H3,(H,8,9,10);;/q;;2*+1/p-2. The van der Waals surface area contributed by atoms with Gasteiger partial charge in [0.25, 0.3) is 0 Å². The molecule has 0 aliphatic carbocycles. The van der Waals surface area contributed by atoms with Gasteiger partial charge in [0.1, 0.15) is 20.2 Å². The van der Waals surface area contributed by atoms with E-state index in [4.69, 9.17) is 0 Å². The zero-order chi connectivity index (χ0) is 17.0. The van der Waals surface area contributed by atoms with Gasteiger partial charge < -0.3 is 9.11 Å². The Balaban J connectivity index is 0. The van der Waals surface area contributed by atoms with Crippen LogP contribution in [0.3, 0.4) is 0 Å². The zero-order valence-corrected chi connectivity index (χ0v) is 21.8. The molecule has 10 heteroatoms. The van der Waals surface area contributed by atoms with E-state index < -0.39 is 20.2 Å². The van der Waals surface area contributed by atoms with Crippen LogP contribution in [0.25, 0.3) is 0 Å². The average molecular weight is 421 g/mol. The minimum Gasteiger partial charge on any atom is -0.744 e. The smallest absolute Gasteiger partial charge is 0.744 e. The monoisotopic (exact) mass is 420 g/mol. The Morgan fingerprint density at radius 3 is 0.958 bits per heavy atom. The van der Waals surface area contributed by atoms with Crippen molar-refractivity contribution in [2.45, 2.75) is 23.6 Å². The molecule has 0 aliphatic rings. The first-order chi connectivity index (χ1) is 10.00. The van der Waals surface area contributed by atoms with Crippen molar-refractivity contribution in [3.63, 3.8) is 0 Å². The van der Waals surface area contributed by atoms with Crippen molar-refractivity contribution >= 4 is 20.2 Å². The maximum atomic E-state index is 10.4. The summed E-state index contributed by atoms with van der Waals surface area (Å²) in [5, 5.41) is 0. The van der Waals surface area contributed by atoms with Crippen LogP contribution in [0.1, 0.15) is 11.1 Å². The van der Waals surface area contributed by atoms with Gasteiger partial charge in [0, 0.05) is 0 Å². The quantitative estimate of drug-likeness (QED) is 0.360. The molecule has 0 heterocycles. The van der Waals surface area contributed by atoms with Crippen LogP contribution in [-0.2, 0) is 20.2 Å². The van der Waals surface area contributed by atoms with Crippen LogP contribution in [-0.4, -0.2) is 25.9 Å². The third-order valence-electron chi connectivity index (χ3n) is 2.62. The SMILES string of the molecule is Cc1ccc(S(=O)(=O)[O-])cc1.Cc1ccc(S(=O)(=O)[O-])cc1.[K+].[K+]. The molecule has 0 radical (unpaired) electrons. The summed E-state index contributed by atoms with van der Waals surface area (Å²) in [6.07, 6.45) is 0. The van der Waals surface area contributed by atoms with Crippen LogP contribution < -0.4 is 103 Å².